The van der Waals surface area contributed by atoms with Crippen LogP contribution >= 0.6 is 0 Å². The van der Waals surface area contributed by atoms with Gasteiger partial charge in [-0.1, -0.05) is 11.2 Å². The summed E-state index contributed by atoms with van der Waals surface area (Å²) in [6.07, 6.45) is 0. The van der Waals surface area contributed by atoms with Gasteiger partial charge in [0.1, 0.15) is 5.82 Å². The number of nitrogens with one attached hydrogen (secondary N) is 1. The first-order valence-corrected chi connectivity index (χ1v) is 5.70. The average molecular weight is 278 g/mol. The highest BCUT2D eigenvalue weighted by molar-refractivity contribution is 5.94. The van der Waals surface area contributed by atoms with Crippen LogP contribution in [0.1, 0.15) is 16.2 Å². The number of amides is 1. The number of aromatic nitrogens is 1. The summed E-state index contributed by atoms with van der Waals surface area (Å²) in [7, 11) is 0. The average Bonchev–Trinajstić information content (AvgIpc) is 2.83. The van der Waals surface area contributed by atoms with Gasteiger partial charge in [0.2, 0.25) is 5.76 Å². The first-order valence-electron chi connectivity index (χ1n) is 5.70. The van der Waals surface area contributed by atoms with E-state index in [1.54, 1.807) is 6.92 Å². The summed E-state index contributed by atoms with van der Waals surface area (Å²) >= 11 is 0. The molecule has 2 rings (SSSR count). The second-order valence-electron chi connectivity index (χ2n) is 3.97. The lowest BCUT2D eigenvalue weighted by Crippen LogP contribution is -2.20. The Hall–Kier alpha value is -2.70. The molecular weight excluding hydrogens is 267 g/mol. The van der Waals surface area contributed by atoms with E-state index in [4.69, 9.17) is 4.74 Å². The number of hydrogen-bond acceptors (Lipinski definition) is 5. The van der Waals surface area contributed by atoms with Gasteiger partial charge in [-0.3, -0.25) is 4.79 Å². The van der Waals surface area contributed by atoms with Crippen LogP contribution in [-0.2, 0) is 9.53 Å². The summed E-state index contributed by atoms with van der Waals surface area (Å²) in [6.45, 7) is 1.14. The van der Waals surface area contributed by atoms with Crippen LogP contribution in [-0.4, -0.2) is 23.6 Å². The fourth-order valence-corrected chi connectivity index (χ4v) is 1.43. The number of carbonyl (C=O) groups excluding carboxylic acids is 2. The normalized spacial score (nSPS) is 10.1. The summed E-state index contributed by atoms with van der Waals surface area (Å²) in [5, 5.41) is 5.92. The summed E-state index contributed by atoms with van der Waals surface area (Å²) in [5.41, 5.74) is 0.808. The lowest BCUT2D eigenvalue weighted by molar-refractivity contribution is -0.119. The topological polar surface area (TPSA) is 81.4 Å². The van der Waals surface area contributed by atoms with Gasteiger partial charge in [-0.15, -0.1) is 0 Å². The maximum absolute atomic E-state index is 12.9. The zero-order valence-electron chi connectivity index (χ0n) is 10.6. The van der Waals surface area contributed by atoms with E-state index in [0.29, 0.717) is 5.69 Å². The van der Waals surface area contributed by atoms with E-state index in [9.17, 15) is 14.0 Å². The molecule has 20 heavy (non-hydrogen) atoms. The zero-order valence-corrected chi connectivity index (χ0v) is 10.6. The molecule has 7 heteroatoms. The lowest BCUT2D eigenvalue weighted by atomic mass is 10.3. The van der Waals surface area contributed by atoms with Crippen LogP contribution in [0.3, 0.4) is 0 Å². The van der Waals surface area contributed by atoms with Gasteiger partial charge in [-0.05, 0) is 25.1 Å². The molecule has 1 amide bonds. The van der Waals surface area contributed by atoms with Crippen molar-refractivity contribution in [2.75, 3.05) is 11.9 Å². The van der Waals surface area contributed by atoms with Gasteiger partial charge in [0.15, 0.2) is 6.61 Å². The zero-order chi connectivity index (χ0) is 14.5. The van der Waals surface area contributed by atoms with Gasteiger partial charge >= 0.3 is 5.97 Å². The Kier molecular flexibility index (Phi) is 4.09. The molecule has 0 aliphatic heterocycles. The molecule has 0 bridgehead atoms. The largest absolute Gasteiger partial charge is 0.450 e. The molecule has 0 saturated heterocycles. The van der Waals surface area contributed by atoms with Crippen molar-refractivity contribution in [3.05, 3.63) is 47.6 Å². The Morgan fingerprint density at radius 3 is 2.85 bits per heavy atom. The fourth-order valence-electron chi connectivity index (χ4n) is 1.43. The van der Waals surface area contributed by atoms with Crippen molar-refractivity contribution in [1.82, 2.24) is 5.16 Å². The van der Waals surface area contributed by atoms with Gasteiger partial charge in [-0.2, -0.15) is 0 Å². The van der Waals surface area contributed by atoms with Gasteiger partial charge in [0.05, 0.1) is 5.69 Å². The highest BCUT2D eigenvalue weighted by Crippen LogP contribution is 2.09. The van der Waals surface area contributed by atoms with Crippen molar-refractivity contribution in [1.29, 1.82) is 0 Å². The van der Waals surface area contributed by atoms with Crippen molar-refractivity contribution in [2.24, 2.45) is 0 Å². The highest BCUT2D eigenvalue weighted by Gasteiger charge is 2.15. The van der Waals surface area contributed by atoms with Gasteiger partial charge in [-0.25, -0.2) is 9.18 Å². The maximum atomic E-state index is 12.9. The highest BCUT2D eigenvalue weighted by atomic mass is 19.1. The second kappa shape index (κ2) is 5.96. The van der Waals surface area contributed by atoms with Crippen molar-refractivity contribution < 1.29 is 23.2 Å². The minimum absolute atomic E-state index is 0.0824. The van der Waals surface area contributed by atoms with E-state index in [1.165, 1.54) is 24.3 Å². The van der Waals surface area contributed by atoms with Crippen LogP contribution < -0.4 is 5.32 Å². The van der Waals surface area contributed by atoms with E-state index < -0.39 is 24.3 Å². The Labute approximate surface area is 113 Å². The van der Waals surface area contributed by atoms with E-state index >= 15 is 0 Å². The summed E-state index contributed by atoms with van der Waals surface area (Å²) in [5.74, 6) is -1.93. The number of hydrogen-bond donors (Lipinski definition) is 1. The number of anilines is 1. The van der Waals surface area contributed by atoms with Crippen molar-refractivity contribution >= 4 is 17.6 Å². The number of esters is 1. The molecule has 0 atom stereocenters. The first-order chi connectivity index (χ1) is 9.54. The minimum Gasteiger partial charge on any atom is -0.450 e. The molecule has 0 unspecified atom stereocenters. The van der Waals surface area contributed by atoms with E-state index in [2.05, 4.69) is 15.0 Å². The molecule has 0 saturated carbocycles. The predicted octanol–water partition coefficient (Wildman–Crippen LogP) is 1.92. The minimum atomic E-state index is -0.792. The Morgan fingerprint density at radius 1 is 1.40 bits per heavy atom. The Bertz CT molecular complexity index is 639. The molecular formula is C13H11FN2O4. The molecule has 104 valence electrons. The van der Waals surface area contributed by atoms with E-state index in [1.807, 2.05) is 0 Å². The summed E-state index contributed by atoms with van der Waals surface area (Å²) in [6, 6.07) is 6.77. The molecule has 6 nitrogen and oxygen atoms in total. The lowest BCUT2D eigenvalue weighted by Gasteiger charge is -2.05. The van der Waals surface area contributed by atoms with Crippen LogP contribution in [0.2, 0.25) is 0 Å². The molecule has 1 N–H and O–H groups in total. The third kappa shape index (κ3) is 3.64. The smallest absolute Gasteiger partial charge is 0.377 e. The van der Waals surface area contributed by atoms with Gasteiger partial charge in [0, 0.05) is 11.8 Å². The maximum Gasteiger partial charge on any atom is 0.377 e. The van der Waals surface area contributed by atoms with Crippen LogP contribution in [0, 0.1) is 12.7 Å². The number of benzene rings is 1. The number of nitrogens with zero attached hydrogens (tertiary/aromatic N) is 1. The van der Waals surface area contributed by atoms with Crippen molar-refractivity contribution in [3.63, 3.8) is 0 Å². The Morgan fingerprint density at radius 2 is 2.20 bits per heavy atom. The monoisotopic (exact) mass is 278 g/mol. The molecule has 2 aromatic rings. The fraction of sp³-hybridized carbons (Fsp3) is 0.154. The number of rotatable bonds is 4. The number of carbonyl (C=O) groups is 2. The number of ether oxygens (including phenoxy) is 1. The van der Waals surface area contributed by atoms with Crippen LogP contribution in [0.15, 0.2) is 34.9 Å². The standard InChI is InChI=1S/C13H11FN2O4/c1-8-5-11(20-16-8)13(18)19-7-12(17)15-10-4-2-3-9(14)6-10/h2-6H,7H2,1H3,(H,15,17). The van der Waals surface area contributed by atoms with Crippen molar-refractivity contribution in [2.45, 2.75) is 6.92 Å². The molecule has 0 spiro atoms. The summed E-state index contributed by atoms with van der Waals surface area (Å²) in [4.78, 5) is 23.0. The number of halogens is 1. The summed E-state index contributed by atoms with van der Waals surface area (Å²) < 4.78 is 22.3. The molecule has 0 aliphatic rings. The van der Waals surface area contributed by atoms with Crippen molar-refractivity contribution in [3.8, 4) is 0 Å². The van der Waals surface area contributed by atoms with Crippen LogP contribution in [0.4, 0.5) is 10.1 Å². The molecule has 0 radical (unpaired) electrons. The molecule has 1 aromatic carbocycles. The van der Waals surface area contributed by atoms with E-state index in [0.717, 1.165) is 6.07 Å². The van der Waals surface area contributed by atoms with Gasteiger partial charge in [0.25, 0.3) is 5.91 Å². The molecule has 1 heterocycles. The number of aryl methyl sites for hydroxylation is 1. The molecule has 0 fully saturated rings. The van der Waals surface area contributed by atoms with Crippen LogP contribution in [0.25, 0.3) is 0 Å². The first kappa shape index (κ1) is 13.7. The third-order valence-corrected chi connectivity index (χ3v) is 2.27. The molecule has 1 aromatic heterocycles. The Balaban J connectivity index is 1.85. The molecule has 0 aliphatic carbocycles. The van der Waals surface area contributed by atoms with E-state index in [-0.39, 0.29) is 11.4 Å². The quantitative estimate of drug-likeness (QED) is 0.864. The van der Waals surface area contributed by atoms with Crippen LogP contribution in [0.5, 0.6) is 0 Å². The van der Waals surface area contributed by atoms with Gasteiger partial charge < -0.3 is 14.6 Å². The SMILES string of the molecule is Cc1cc(C(=O)OCC(=O)Nc2cccc(F)c2)on1. The second-order valence-corrected chi connectivity index (χ2v) is 3.97. The third-order valence-electron chi connectivity index (χ3n) is 2.27. The predicted molar refractivity (Wildman–Crippen MR) is 66.6 cm³/mol.